The van der Waals surface area contributed by atoms with Crippen LogP contribution in [0, 0.1) is 5.82 Å². The summed E-state index contributed by atoms with van der Waals surface area (Å²) in [5.74, 6) is -0.494. The summed E-state index contributed by atoms with van der Waals surface area (Å²) in [6, 6.07) is 4.38. The maximum Gasteiger partial charge on any atom is 0.414 e. The Morgan fingerprint density at radius 3 is 2.95 bits per heavy atom. The van der Waals surface area contributed by atoms with Gasteiger partial charge in [-0.15, -0.1) is 0 Å². The van der Waals surface area contributed by atoms with E-state index in [1.54, 1.807) is 6.07 Å². The van der Waals surface area contributed by atoms with Crippen LogP contribution in [0.25, 0.3) is 11.1 Å². The van der Waals surface area contributed by atoms with Gasteiger partial charge in [-0.05, 0) is 18.2 Å². The molecule has 3 rings (SSSR count). The Labute approximate surface area is 113 Å². The van der Waals surface area contributed by atoms with E-state index in [0.717, 1.165) is 0 Å². The van der Waals surface area contributed by atoms with Gasteiger partial charge in [0.05, 0.1) is 25.0 Å². The molecule has 0 saturated carbocycles. The summed E-state index contributed by atoms with van der Waals surface area (Å²) in [7, 11) is 0. The van der Waals surface area contributed by atoms with Crippen LogP contribution in [0.15, 0.2) is 35.2 Å². The molecule has 1 aromatic carbocycles. The molecule has 1 aromatic heterocycles. The second kappa shape index (κ2) is 4.93. The summed E-state index contributed by atoms with van der Waals surface area (Å²) in [6.07, 6.45) is 1.57. The zero-order chi connectivity index (χ0) is 14.1. The highest BCUT2D eigenvalue weighted by Crippen LogP contribution is 2.28. The van der Waals surface area contributed by atoms with Crippen LogP contribution < -0.4 is 4.90 Å². The SMILES string of the molecule is O=C1O[C@@H](CO)CN1c1ccc(-c2cnoc2)c(F)c1. The number of amides is 1. The molecule has 7 heteroatoms. The van der Waals surface area contributed by atoms with Gasteiger partial charge in [-0.3, -0.25) is 4.90 Å². The lowest BCUT2D eigenvalue weighted by atomic mass is 10.1. The van der Waals surface area contributed by atoms with Crippen molar-refractivity contribution in [3.8, 4) is 11.1 Å². The molecule has 0 spiro atoms. The van der Waals surface area contributed by atoms with Crippen molar-refractivity contribution in [1.82, 2.24) is 5.16 Å². The highest BCUT2D eigenvalue weighted by atomic mass is 19.1. The minimum atomic E-state index is -0.596. The Bertz CT molecular complexity index is 629. The average molecular weight is 278 g/mol. The Morgan fingerprint density at radius 1 is 1.50 bits per heavy atom. The van der Waals surface area contributed by atoms with Crippen molar-refractivity contribution in [1.29, 1.82) is 0 Å². The molecule has 1 aliphatic heterocycles. The quantitative estimate of drug-likeness (QED) is 0.926. The number of aliphatic hydroxyl groups excluding tert-OH is 1. The molecule has 0 bridgehead atoms. The molecule has 1 aliphatic rings. The Balaban J connectivity index is 1.89. The van der Waals surface area contributed by atoms with Gasteiger partial charge in [0.15, 0.2) is 0 Å². The third kappa shape index (κ3) is 2.12. The van der Waals surface area contributed by atoms with Gasteiger partial charge in [0.25, 0.3) is 0 Å². The second-order valence-corrected chi connectivity index (χ2v) is 4.38. The van der Waals surface area contributed by atoms with Crippen LogP contribution in [-0.4, -0.2) is 35.6 Å². The van der Waals surface area contributed by atoms with Gasteiger partial charge in [-0.25, -0.2) is 9.18 Å². The highest BCUT2D eigenvalue weighted by Gasteiger charge is 2.32. The molecule has 1 atom stereocenters. The number of hydrogen-bond acceptors (Lipinski definition) is 5. The molecule has 0 radical (unpaired) electrons. The van der Waals surface area contributed by atoms with Crippen molar-refractivity contribution < 1.29 is 23.6 Å². The number of cyclic esters (lactones) is 1. The van der Waals surface area contributed by atoms with E-state index < -0.39 is 18.0 Å². The Kier molecular flexibility index (Phi) is 3.11. The maximum atomic E-state index is 14.1. The summed E-state index contributed by atoms with van der Waals surface area (Å²) in [6.45, 7) is -0.0646. The molecule has 1 saturated heterocycles. The largest absolute Gasteiger partial charge is 0.441 e. The number of carbonyl (C=O) groups excluding carboxylic acids is 1. The molecule has 104 valence electrons. The second-order valence-electron chi connectivity index (χ2n) is 4.38. The number of nitrogens with zero attached hydrogens (tertiary/aromatic N) is 2. The maximum absolute atomic E-state index is 14.1. The van der Waals surface area contributed by atoms with Gasteiger partial charge in [0.1, 0.15) is 18.2 Å². The first kappa shape index (κ1) is 12.6. The lowest BCUT2D eigenvalue weighted by Gasteiger charge is -2.13. The van der Waals surface area contributed by atoms with Crippen molar-refractivity contribution in [2.24, 2.45) is 0 Å². The summed E-state index contributed by atoms with van der Waals surface area (Å²) in [5, 5.41) is 12.5. The smallest absolute Gasteiger partial charge is 0.414 e. The number of halogens is 1. The van der Waals surface area contributed by atoms with Gasteiger partial charge in [0.2, 0.25) is 0 Å². The minimum Gasteiger partial charge on any atom is -0.441 e. The van der Waals surface area contributed by atoms with Gasteiger partial charge in [0, 0.05) is 11.1 Å². The van der Waals surface area contributed by atoms with E-state index in [4.69, 9.17) is 9.84 Å². The highest BCUT2D eigenvalue weighted by molar-refractivity contribution is 5.90. The Morgan fingerprint density at radius 2 is 2.35 bits per heavy atom. The predicted molar refractivity (Wildman–Crippen MR) is 66.6 cm³/mol. The van der Waals surface area contributed by atoms with E-state index in [0.29, 0.717) is 16.8 Å². The number of benzene rings is 1. The zero-order valence-corrected chi connectivity index (χ0v) is 10.3. The van der Waals surface area contributed by atoms with E-state index >= 15 is 0 Å². The van der Waals surface area contributed by atoms with Gasteiger partial charge in [-0.2, -0.15) is 0 Å². The van der Waals surface area contributed by atoms with Crippen LogP contribution in [-0.2, 0) is 4.74 Å². The standard InChI is InChI=1S/C13H11FN2O4/c14-12-3-9(16-5-10(6-17)20-13(16)18)1-2-11(12)8-4-15-19-7-8/h1-4,7,10,17H,5-6H2/t10-/m1/s1. The van der Waals surface area contributed by atoms with Crippen LogP contribution in [0.4, 0.5) is 14.9 Å². The van der Waals surface area contributed by atoms with E-state index in [1.807, 2.05) is 0 Å². The number of aromatic nitrogens is 1. The van der Waals surface area contributed by atoms with Crippen LogP contribution in [0.1, 0.15) is 0 Å². The summed E-state index contributed by atoms with van der Waals surface area (Å²) in [4.78, 5) is 12.9. The van der Waals surface area contributed by atoms with Crippen LogP contribution >= 0.6 is 0 Å². The van der Waals surface area contributed by atoms with Gasteiger partial charge in [-0.1, -0.05) is 5.16 Å². The topological polar surface area (TPSA) is 75.8 Å². The normalized spacial score (nSPS) is 18.4. The van der Waals surface area contributed by atoms with E-state index in [-0.39, 0.29) is 13.2 Å². The fourth-order valence-corrected chi connectivity index (χ4v) is 2.07. The first-order valence-corrected chi connectivity index (χ1v) is 5.97. The number of anilines is 1. The summed E-state index contributed by atoms with van der Waals surface area (Å²) < 4.78 is 23.7. The van der Waals surface area contributed by atoms with E-state index in [2.05, 4.69) is 9.68 Å². The molecule has 2 aromatic rings. The molecule has 6 nitrogen and oxygen atoms in total. The number of rotatable bonds is 3. The third-order valence-corrected chi connectivity index (χ3v) is 3.09. The molecule has 1 amide bonds. The van der Waals surface area contributed by atoms with E-state index in [9.17, 15) is 9.18 Å². The third-order valence-electron chi connectivity index (χ3n) is 3.09. The molecule has 0 unspecified atom stereocenters. The monoisotopic (exact) mass is 278 g/mol. The Hall–Kier alpha value is -2.41. The fourth-order valence-electron chi connectivity index (χ4n) is 2.07. The van der Waals surface area contributed by atoms with Crippen LogP contribution in [0.5, 0.6) is 0 Å². The molecule has 1 N–H and O–H groups in total. The lowest BCUT2D eigenvalue weighted by Crippen LogP contribution is -2.25. The van der Waals surface area contributed by atoms with Crippen molar-refractivity contribution in [2.45, 2.75) is 6.10 Å². The number of hydrogen-bond donors (Lipinski definition) is 1. The molecule has 0 aliphatic carbocycles. The van der Waals surface area contributed by atoms with Gasteiger partial charge >= 0.3 is 6.09 Å². The first-order valence-electron chi connectivity index (χ1n) is 5.97. The summed E-state index contributed by atoms with van der Waals surface area (Å²) >= 11 is 0. The molecule has 20 heavy (non-hydrogen) atoms. The van der Waals surface area contributed by atoms with Crippen molar-refractivity contribution in [3.05, 3.63) is 36.5 Å². The number of ether oxygens (including phenoxy) is 1. The average Bonchev–Trinajstić information content (AvgIpc) is 3.07. The number of carbonyl (C=O) groups is 1. The lowest BCUT2D eigenvalue weighted by molar-refractivity contribution is 0.0963. The minimum absolute atomic E-state index is 0.196. The predicted octanol–water partition coefficient (Wildman–Crippen LogP) is 1.80. The fraction of sp³-hybridized carbons (Fsp3) is 0.231. The van der Waals surface area contributed by atoms with E-state index in [1.165, 1.54) is 29.5 Å². The van der Waals surface area contributed by atoms with Gasteiger partial charge < -0.3 is 14.4 Å². The summed E-state index contributed by atoms with van der Waals surface area (Å²) in [5.41, 5.74) is 1.23. The van der Waals surface area contributed by atoms with Crippen molar-refractivity contribution in [3.63, 3.8) is 0 Å². The van der Waals surface area contributed by atoms with Crippen molar-refractivity contribution in [2.75, 3.05) is 18.1 Å². The molecular formula is C13H11FN2O4. The van der Waals surface area contributed by atoms with Crippen LogP contribution in [0.3, 0.4) is 0 Å². The first-order chi connectivity index (χ1) is 9.69. The zero-order valence-electron chi connectivity index (χ0n) is 10.3. The van der Waals surface area contributed by atoms with Crippen molar-refractivity contribution >= 4 is 11.8 Å². The molecular weight excluding hydrogens is 267 g/mol. The molecule has 1 fully saturated rings. The van der Waals surface area contributed by atoms with Crippen LogP contribution in [0.2, 0.25) is 0 Å². The molecule has 2 heterocycles. The number of aliphatic hydroxyl groups is 1.